The van der Waals surface area contributed by atoms with E-state index in [1.807, 2.05) is 6.07 Å². The number of halogens is 2. The first-order valence-electron chi connectivity index (χ1n) is 9.15. The molecule has 0 fully saturated rings. The van der Waals surface area contributed by atoms with E-state index >= 15 is 0 Å². The summed E-state index contributed by atoms with van der Waals surface area (Å²) in [5.41, 5.74) is 1.53. The number of tetrazole rings is 1. The zero-order valence-corrected chi connectivity index (χ0v) is 18.3. The Morgan fingerprint density at radius 1 is 0.935 bits per heavy atom. The first-order chi connectivity index (χ1) is 14.9. The second kappa shape index (κ2) is 9.05. The lowest BCUT2D eigenvalue weighted by atomic mass is 10.1. The predicted octanol–water partition coefficient (Wildman–Crippen LogP) is 4.86. The van der Waals surface area contributed by atoms with Gasteiger partial charge in [0.05, 0.1) is 15.7 Å². The first-order valence-corrected chi connectivity index (χ1v) is 11.6. The van der Waals surface area contributed by atoms with E-state index in [0.717, 1.165) is 5.56 Å². The molecule has 0 radical (unpaired) electrons. The quantitative estimate of drug-likeness (QED) is 0.410. The van der Waals surface area contributed by atoms with Crippen molar-refractivity contribution in [1.82, 2.24) is 20.6 Å². The Bertz CT molecular complexity index is 1300. The Morgan fingerprint density at radius 3 is 2.45 bits per heavy atom. The molecule has 10 heteroatoms. The second-order valence-corrected chi connectivity index (χ2v) is 9.59. The molecule has 0 amide bonds. The highest BCUT2D eigenvalue weighted by atomic mass is 35.5. The minimum absolute atomic E-state index is 0.113. The minimum Gasteiger partial charge on any atom is -0.456 e. The molecular formula is C21H16Cl2N4O3S. The third kappa shape index (κ3) is 5.41. The van der Waals surface area contributed by atoms with Crippen molar-refractivity contribution in [3.63, 3.8) is 0 Å². The number of H-pyrrole nitrogens is 1. The van der Waals surface area contributed by atoms with Crippen molar-refractivity contribution < 1.29 is 13.2 Å². The number of aromatic nitrogens is 4. The lowest BCUT2D eigenvalue weighted by molar-refractivity contribution is 0.482. The molecular weight excluding hydrogens is 459 g/mol. The van der Waals surface area contributed by atoms with Crippen molar-refractivity contribution in [3.8, 4) is 11.5 Å². The standard InChI is InChI=1S/C21H16Cl2N4O3S/c22-16-8-15(10-21-24-26-27-25-21)9-17(11-16)30-20-7-6-18(12-19(20)23)31(28,29)13-14-4-2-1-3-5-14/h1-9,11-12H,10,13H2,(H,24,25,26,27). The number of nitrogens with one attached hydrogen (secondary N) is 1. The van der Waals surface area contributed by atoms with Crippen LogP contribution in [0.4, 0.5) is 0 Å². The molecule has 0 bridgehead atoms. The summed E-state index contributed by atoms with van der Waals surface area (Å²) in [7, 11) is -3.55. The fraction of sp³-hybridized carbons (Fsp3) is 0.0952. The number of sulfone groups is 1. The van der Waals surface area contributed by atoms with Gasteiger partial charge >= 0.3 is 0 Å². The molecule has 0 aliphatic heterocycles. The van der Waals surface area contributed by atoms with E-state index in [1.54, 1.807) is 42.5 Å². The molecule has 4 aromatic rings. The Hall–Kier alpha value is -2.94. The van der Waals surface area contributed by atoms with E-state index in [9.17, 15) is 8.42 Å². The third-order valence-electron chi connectivity index (χ3n) is 4.38. The molecule has 1 heterocycles. The summed E-state index contributed by atoms with van der Waals surface area (Å²) in [6, 6.07) is 18.6. The Morgan fingerprint density at radius 2 is 1.74 bits per heavy atom. The minimum atomic E-state index is -3.55. The molecule has 1 N–H and O–H groups in total. The molecule has 0 atom stereocenters. The summed E-state index contributed by atoms with van der Waals surface area (Å²) in [5, 5.41) is 14.3. The van der Waals surface area contributed by atoms with E-state index in [2.05, 4.69) is 20.6 Å². The number of rotatable bonds is 7. The van der Waals surface area contributed by atoms with E-state index in [4.69, 9.17) is 27.9 Å². The summed E-state index contributed by atoms with van der Waals surface area (Å²) in [6.07, 6.45) is 0.439. The monoisotopic (exact) mass is 474 g/mol. The molecule has 0 aliphatic rings. The van der Waals surface area contributed by atoms with Gasteiger partial charge in [0, 0.05) is 11.4 Å². The number of hydrogen-bond acceptors (Lipinski definition) is 6. The largest absolute Gasteiger partial charge is 0.456 e. The SMILES string of the molecule is O=S(=O)(Cc1ccccc1)c1ccc(Oc2cc(Cl)cc(Cc3nnn[nH]3)c2)c(Cl)c1. The van der Waals surface area contributed by atoms with Crippen LogP contribution in [-0.2, 0) is 22.0 Å². The van der Waals surface area contributed by atoms with Gasteiger partial charge in [-0.1, -0.05) is 53.5 Å². The highest BCUT2D eigenvalue weighted by Gasteiger charge is 2.18. The smallest absolute Gasteiger partial charge is 0.182 e. The zero-order valence-electron chi connectivity index (χ0n) is 16.0. The van der Waals surface area contributed by atoms with Crippen molar-refractivity contribution in [2.75, 3.05) is 0 Å². The van der Waals surface area contributed by atoms with Gasteiger partial charge in [-0.3, -0.25) is 0 Å². The Kier molecular flexibility index (Phi) is 6.22. The molecule has 1 aromatic heterocycles. The van der Waals surface area contributed by atoms with Crippen LogP contribution in [0, 0.1) is 0 Å². The summed E-state index contributed by atoms with van der Waals surface area (Å²) in [6.45, 7) is 0. The van der Waals surface area contributed by atoms with Gasteiger partial charge in [-0.15, -0.1) is 5.10 Å². The molecule has 31 heavy (non-hydrogen) atoms. The fourth-order valence-electron chi connectivity index (χ4n) is 2.99. The highest BCUT2D eigenvalue weighted by molar-refractivity contribution is 7.90. The second-order valence-electron chi connectivity index (χ2n) is 6.76. The van der Waals surface area contributed by atoms with Crippen LogP contribution in [0.2, 0.25) is 10.0 Å². The molecule has 0 aliphatic carbocycles. The van der Waals surface area contributed by atoms with Crippen LogP contribution in [0.1, 0.15) is 17.0 Å². The fourth-order valence-corrected chi connectivity index (χ4v) is 4.89. The third-order valence-corrected chi connectivity index (χ3v) is 6.58. The summed E-state index contributed by atoms with van der Waals surface area (Å²) in [5.74, 6) is 1.24. The van der Waals surface area contributed by atoms with Crippen LogP contribution in [0.5, 0.6) is 11.5 Å². The number of nitrogens with zero attached hydrogens (tertiary/aromatic N) is 3. The van der Waals surface area contributed by atoms with Crippen molar-refractivity contribution >= 4 is 33.0 Å². The van der Waals surface area contributed by atoms with E-state index in [0.29, 0.717) is 34.3 Å². The van der Waals surface area contributed by atoms with Gasteiger partial charge in [-0.05, 0) is 58.0 Å². The van der Waals surface area contributed by atoms with Crippen LogP contribution in [0.3, 0.4) is 0 Å². The van der Waals surface area contributed by atoms with E-state index in [1.165, 1.54) is 18.2 Å². The maximum Gasteiger partial charge on any atom is 0.182 e. The molecule has 0 saturated carbocycles. The molecule has 0 spiro atoms. The predicted molar refractivity (Wildman–Crippen MR) is 117 cm³/mol. The van der Waals surface area contributed by atoms with Crippen molar-refractivity contribution in [3.05, 3.63) is 93.7 Å². The van der Waals surface area contributed by atoms with Crippen LogP contribution in [-0.4, -0.2) is 29.0 Å². The van der Waals surface area contributed by atoms with Gasteiger partial charge < -0.3 is 4.74 Å². The molecule has 3 aromatic carbocycles. The lowest BCUT2D eigenvalue weighted by Gasteiger charge is -2.11. The summed E-state index contributed by atoms with van der Waals surface area (Å²) < 4.78 is 31.3. The van der Waals surface area contributed by atoms with Gasteiger partial charge in [0.25, 0.3) is 0 Å². The molecule has 158 valence electrons. The van der Waals surface area contributed by atoms with Crippen molar-refractivity contribution in [2.24, 2.45) is 0 Å². The summed E-state index contributed by atoms with van der Waals surface area (Å²) in [4.78, 5) is 0.123. The zero-order chi connectivity index (χ0) is 21.8. The Balaban J connectivity index is 1.54. The van der Waals surface area contributed by atoms with Gasteiger partial charge in [0.1, 0.15) is 11.5 Å². The van der Waals surface area contributed by atoms with Crippen LogP contribution in [0.25, 0.3) is 0 Å². The van der Waals surface area contributed by atoms with Gasteiger partial charge in [0.15, 0.2) is 15.7 Å². The van der Waals surface area contributed by atoms with Crippen molar-refractivity contribution in [2.45, 2.75) is 17.1 Å². The van der Waals surface area contributed by atoms with Crippen molar-refractivity contribution in [1.29, 1.82) is 0 Å². The van der Waals surface area contributed by atoms with E-state index < -0.39 is 9.84 Å². The molecule has 0 unspecified atom stereocenters. The van der Waals surface area contributed by atoms with Gasteiger partial charge in [0.2, 0.25) is 0 Å². The number of aromatic amines is 1. The van der Waals surface area contributed by atoms with Crippen LogP contribution >= 0.6 is 23.2 Å². The topological polar surface area (TPSA) is 97.8 Å². The lowest BCUT2D eigenvalue weighted by Crippen LogP contribution is -2.05. The normalized spacial score (nSPS) is 11.4. The van der Waals surface area contributed by atoms with Gasteiger partial charge in [-0.2, -0.15) is 0 Å². The van der Waals surface area contributed by atoms with Crippen LogP contribution in [0.15, 0.2) is 71.6 Å². The summed E-state index contributed by atoms with van der Waals surface area (Å²) >= 11 is 12.5. The number of benzene rings is 3. The molecule has 7 nitrogen and oxygen atoms in total. The van der Waals surface area contributed by atoms with E-state index in [-0.39, 0.29) is 15.7 Å². The number of hydrogen-bond donors (Lipinski definition) is 1. The molecule has 0 saturated heterocycles. The molecule has 4 rings (SSSR count). The average molecular weight is 475 g/mol. The maximum absolute atomic E-state index is 12.7. The Labute approximate surface area is 188 Å². The van der Waals surface area contributed by atoms with Gasteiger partial charge in [-0.25, -0.2) is 13.5 Å². The number of ether oxygens (including phenoxy) is 1. The average Bonchev–Trinajstić information content (AvgIpc) is 3.22. The highest BCUT2D eigenvalue weighted by Crippen LogP contribution is 2.34. The first kappa shape index (κ1) is 21.3. The maximum atomic E-state index is 12.7. The van der Waals surface area contributed by atoms with Crippen LogP contribution < -0.4 is 4.74 Å².